The Hall–Kier alpha value is -3.42. The number of rotatable bonds is 6. The summed E-state index contributed by atoms with van der Waals surface area (Å²) >= 11 is 0. The average molecular weight is 351 g/mol. The molecule has 0 bridgehead atoms. The molecule has 1 amide bonds. The maximum Gasteiger partial charge on any atom is 0.245 e. The molecule has 8 heteroatoms. The number of tetrazole rings is 1. The molecule has 3 aromatic rings. The minimum Gasteiger partial charge on any atom is -0.454 e. The van der Waals surface area contributed by atoms with E-state index in [0.29, 0.717) is 18.7 Å². The number of amides is 1. The quantitative estimate of drug-likeness (QED) is 0.724. The van der Waals surface area contributed by atoms with Gasteiger partial charge in [0.25, 0.3) is 0 Å². The van der Waals surface area contributed by atoms with Crippen LogP contribution in [0, 0.1) is 0 Å². The third-order valence-electron chi connectivity index (χ3n) is 4.16. The van der Waals surface area contributed by atoms with Crippen LogP contribution in [0.4, 0.5) is 0 Å². The minimum absolute atomic E-state index is 0.154. The third-order valence-corrected chi connectivity index (χ3v) is 4.16. The Kier molecular flexibility index (Phi) is 4.46. The monoisotopic (exact) mass is 351 g/mol. The molecule has 2 aromatic carbocycles. The Bertz CT molecular complexity index is 883. The molecule has 132 valence electrons. The summed E-state index contributed by atoms with van der Waals surface area (Å²) in [5, 5.41) is 14.1. The largest absolute Gasteiger partial charge is 0.454 e. The first-order valence-corrected chi connectivity index (χ1v) is 8.22. The van der Waals surface area contributed by atoms with Crippen LogP contribution in [-0.2, 0) is 17.8 Å². The number of fused-ring (bicyclic) bond motifs is 1. The van der Waals surface area contributed by atoms with Crippen molar-refractivity contribution in [3.05, 3.63) is 66.0 Å². The van der Waals surface area contributed by atoms with Gasteiger partial charge < -0.3 is 14.8 Å². The lowest BCUT2D eigenvalue weighted by molar-refractivity contribution is -0.124. The van der Waals surface area contributed by atoms with Gasteiger partial charge in [-0.3, -0.25) is 4.79 Å². The lowest BCUT2D eigenvalue weighted by Gasteiger charge is -2.16. The van der Waals surface area contributed by atoms with E-state index in [-0.39, 0.29) is 12.7 Å². The predicted molar refractivity (Wildman–Crippen MR) is 91.4 cm³/mol. The number of aromatic nitrogens is 4. The highest BCUT2D eigenvalue weighted by atomic mass is 16.7. The summed E-state index contributed by atoms with van der Waals surface area (Å²) in [7, 11) is 0. The first-order valence-electron chi connectivity index (χ1n) is 8.22. The molecule has 4 rings (SSSR count). The zero-order chi connectivity index (χ0) is 17.8. The van der Waals surface area contributed by atoms with Gasteiger partial charge in [-0.15, -0.1) is 5.10 Å². The maximum absolute atomic E-state index is 12.8. The van der Waals surface area contributed by atoms with Gasteiger partial charge in [0.1, 0.15) is 12.4 Å². The first kappa shape index (κ1) is 16.1. The van der Waals surface area contributed by atoms with E-state index >= 15 is 0 Å². The van der Waals surface area contributed by atoms with Crippen molar-refractivity contribution >= 4 is 5.91 Å². The Balaban J connectivity index is 1.46. The summed E-state index contributed by atoms with van der Waals surface area (Å²) in [4.78, 5) is 12.8. The molecule has 2 heterocycles. The number of carbonyl (C=O) groups is 1. The van der Waals surface area contributed by atoms with E-state index in [1.165, 1.54) is 11.0 Å². The second kappa shape index (κ2) is 7.22. The van der Waals surface area contributed by atoms with Crippen LogP contribution in [0.1, 0.15) is 17.2 Å². The highest BCUT2D eigenvalue weighted by Crippen LogP contribution is 2.32. The topological polar surface area (TPSA) is 91.2 Å². The molecular weight excluding hydrogens is 334 g/mol. The number of hydrogen-bond acceptors (Lipinski definition) is 6. The molecule has 1 atom stereocenters. The number of carbonyl (C=O) groups excluding carboxylic acids is 1. The van der Waals surface area contributed by atoms with Crippen LogP contribution >= 0.6 is 0 Å². The summed E-state index contributed by atoms with van der Waals surface area (Å²) in [5.41, 5.74) is 1.96. The van der Waals surface area contributed by atoms with E-state index in [9.17, 15) is 4.79 Å². The van der Waals surface area contributed by atoms with Crippen molar-refractivity contribution in [1.82, 2.24) is 25.5 Å². The van der Waals surface area contributed by atoms with Gasteiger partial charge >= 0.3 is 0 Å². The molecule has 0 aliphatic carbocycles. The highest BCUT2D eigenvalue weighted by molar-refractivity contribution is 5.80. The highest BCUT2D eigenvalue weighted by Gasteiger charge is 2.22. The van der Waals surface area contributed by atoms with E-state index in [2.05, 4.69) is 20.8 Å². The second-order valence-corrected chi connectivity index (χ2v) is 5.90. The van der Waals surface area contributed by atoms with Crippen LogP contribution in [0.25, 0.3) is 0 Å². The Labute approximate surface area is 149 Å². The first-order chi connectivity index (χ1) is 12.8. The molecule has 1 unspecified atom stereocenters. The van der Waals surface area contributed by atoms with Crippen LogP contribution in [0.15, 0.2) is 54.9 Å². The van der Waals surface area contributed by atoms with Crippen LogP contribution in [-0.4, -0.2) is 32.9 Å². The average Bonchev–Trinajstić information content (AvgIpc) is 3.36. The number of benzene rings is 2. The minimum atomic E-state index is -0.526. The van der Waals surface area contributed by atoms with E-state index in [1.54, 1.807) is 0 Å². The van der Waals surface area contributed by atoms with Crippen LogP contribution in [0.2, 0.25) is 0 Å². The van der Waals surface area contributed by atoms with Gasteiger partial charge in [0.15, 0.2) is 11.5 Å². The summed E-state index contributed by atoms with van der Waals surface area (Å²) < 4.78 is 12.1. The van der Waals surface area contributed by atoms with Crippen LogP contribution in [0.5, 0.6) is 11.5 Å². The van der Waals surface area contributed by atoms with Gasteiger partial charge in [-0.25, -0.2) is 4.68 Å². The molecule has 0 fully saturated rings. The normalized spacial score (nSPS) is 13.4. The number of ether oxygens (including phenoxy) is 2. The van der Waals surface area contributed by atoms with E-state index in [4.69, 9.17) is 9.47 Å². The van der Waals surface area contributed by atoms with Gasteiger partial charge in [-0.05, 0) is 33.7 Å². The fraction of sp³-hybridized carbons (Fsp3) is 0.222. The third kappa shape index (κ3) is 3.49. The summed E-state index contributed by atoms with van der Waals surface area (Å²) in [6.45, 7) is 0.604. The summed E-state index contributed by atoms with van der Waals surface area (Å²) in [6, 6.07) is 14.9. The molecule has 0 saturated heterocycles. The Morgan fingerprint density at radius 1 is 1.12 bits per heavy atom. The lowest BCUT2D eigenvalue weighted by Crippen LogP contribution is -2.34. The Morgan fingerprint density at radius 2 is 1.96 bits per heavy atom. The zero-order valence-corrected chi connectivity index (χ0v) is 13.9. The molecule has 0 radical (unpaired) electrons. The van der Waals surface area contributed by atoms with Gasteiger partial charge in [-0.2, -0.15) is 0 Å². The molecular formula is C18H17N5O3. The molecule has 1 aliphatic heterocycles. The van der Waals surface area contributed by atoms with E-state index < -0.39 is 6.04 Å². The smallest absolute Gasteiger partial charge is 0.245 e. The molecule has 1 aromatic heterocycles. The maximum atomic E-state index is 12.8. The Morgan fingerprint density at radius 3 is 2.77 bits per heavy atom. The van der Waals surface area contributed by atoms with Crippen molar-refractivity contribution in [1.29, 1.82) is 0 Å². The van der Waals surface area contributed by atoms with Crippen molar-refractivity contribution in [3.63, 3.8) is 0 Å². The van der Waals surface area contributed by atoms with Gasteiger partial charge in [0.05, 0.1) is 0 Å². The standard InChI is InChI=1S/C18H17N5O3/c24-18(19-10-14-6-7-16-17(9-14)26-12-25-16)15(23-11-20-21-22-23)8-13-4-2-1-3-5-13/h1-7,9,11,15H,8,10,12H2,(H,19,24). The van der Waals surface area contributed by atoms with Crippen LogP contribution in [0.3, 0.4) is 0 Å². The van der Waals surface area contributed by atoms with Gasteiger partial charge in [0.2, 0.25) is 12.7 Å². The van der Waals surface area contributed by atoms with Gasteiger partial charge in [0, 0.05) is 13.0 Å². The van der Waals surface area contributed by atoms with Crippen molar-refractivity contribution < 1.29 is 14.3 Å². The summed E-state index contributed by atoms with van der Waals surface area (Å²) in [5.74, 6) is 1.26. The van der Waals surface area contributed by atoms with Crippen molar-refractivity contribution in [2.24, 2.45) is 0 Å². The fourth-order valence-corrected chi connectivity index (χ4v) is 2.81. The van der Waals surface area contributed by atoms with E-state index in [1.807, 2.05) is 48.5 Å². The second-order valence-electron chi connectivity index (χ2n) is 5.90. The molecule has 0 saturated carbocycles. The van der Waals surface area contributed by atoms with Crippen molar-refractivity contribution in [3.8, 4) is 11.5 Å². The van der Waals surface area contributed by atoms with Gasteiger partial charge in [-0.1, -0.05) is 36.4 Å². The van der Waals surface area contributed by atoms with Crippen molar-refractivity contribution in [2.45, 2.75) is 19.0 Å². The molecule has 0 spiro atoms. The SMILES string of the molecule is O=C(NCc1ccc2c(c1)OCO2)C(Cc1ccccc1)n1cnnn1. The lowest BCUT2D eigenvalue weighted by atomic mass is 10.1. The molecule has 1 aliphatic rings. The molecule has 8 nitrogen and oxygen atoms in total. The van der Waals surface area contributed by atoms with E-state index in [0.717, 1.165) is 16.9 Å². The van der Waals surface area contributed by atoms with Crippen molar-refractivity contribution in [2.75, 3.05) is 6.79 Å². The number of hydrogen-bond donors (Lipinski definition) is 1. The number of nitrogens with zero attached hydrogens (tertiary/aromatic N) is 4. The molecule has 1 N–H and O–H groups in total. The number of nitrogens with one attached hydrogen (secondary N) is 1. The fourth-order valence-electron chi connectivity index (χ4n) is 2.81. The van der Waals surface area contributed by atoms with Crippen LogP contribution < -0.4 is 14.8 Å². The summed E-state index contributed by atoms with van der Waals surface area (Å²) in [6.07, 6.45) is 1.95. The molecule has 26 heavy (non-hydrogen) atoms. The zero-order valence-electron chi connectivity index (χ0n) is 13.9. The predicted octanol–water partition coefficient (Wildman–Crippen LogP) is 1.50.